The highest BCUT2D eigenvalue weighted by molar-refractivity contribution is 7.87. The molecule has 0 heterocycles. The first-order valence-corrected chi connectivity index (χ1v) is 7.64. The van der Waals surface area contributed by atoms with Crippen molar-refractivity contribution in [3.05, 3.63) is 0 Å². The Labute approximate surface area is 97.2 Å². The molecule has 0 atom stereocenters. The molecule has 2 aliphatic rings. The van der Waals surface area contributed by atoms with Crippen LogP contribution in [0.1, 0.15) is 57.8 Å². The lowest BCUT2D eigenvalue weighted by Crippen LogP contribution is -2.24. The van der Waals surface area contributed by atoms with E-state index >= 15 is 0 Å². The van der Waals surface area contributed by atoms with Crippen molar-refractivity contribution in [3.63, 3.8) is 0 Å². The molecule has 0 N–H and O–H groups in total. The van der Waals surface area contributed by atoms with Crippen LogP contribution >= 0.6 is 0 Å². The highest BCUT2D eigenvalue weighted by atomic mass is 32.2. The number of nitrogens with zero attached hydrogens (tertiary/aromatic N) is 1. The van der Waals surface area contributed by atoms with Crippen LogP contribution in [0.15, 0.2) is 5.16 Å². The van der Waals surface area contributed by atoms with Gasteiger partial charge in [-0.3, -0.25) is 4.28 Å². The number of hydrogen-bond acceptors (Lipinski definition) is 4. The third kappa shape index (κ3) is 2.97. The molecule has 2 fully saturated rings. The largest absolute Gasteiger partial charge is 0.331 e. The fraction of sp³-hybridized carbons (Fsp3) is 0.909. The summed E-state index contributed by atoms with van der Waals surface area (Å²) in [6, 6.07) is 0. The maximum Gasteiger partial charge on any atom is 0.331 e. The highest BCUT2D eigenvalue weighted by Crippen LogP contribution is 2.25. The van der Waals surface area contributed by atoms with E-state index in [2.05, 4.69) is 5.16 Å². The molecule has 4 nitrogen and oxygen atoms in total. The molecule has 5 heteroatoms. The second-order valence-corrected chi connectivity index (χ2v) is 6.49. The smallest absolute Gasteiger partial charge is 0.268 e. The molecular formula is C11H19NO3S. The first kappa shape index (κ1) is 11.9. The third-order valence-electron chi connectivity index (χ3n) is 3.41. The Kier molecular flexibility index (Phi) is 3.84. The predicted molar refractivity (Wildman–Crippen MR) is 62.8 cm³/mol. The van der Waals surface area contributed by atoms with Crippen molar-refractivity contribution < 1.29 is 12.7 Å². The SMILES string of the molecule is O=S(=O)(ON=C1CCCC1)C1CCCCC1. The van der Waals surface area contributed by atoms with Gasteiger partial charge in [-0.25, -0.2) is 0 Å². The van der Waals surface area contributed by atoms with Crippen LogP contribution in [0, 0.1) is 0 Å². The summed E-state index contributed by atoms with van der Waals surface area (Å²) in [5, 5.41) is 3.47. The van der Waals surface area contributed by atoms with Gasteiger partial charge in [0.1, 0.15) is 0 Å². The fourth-order valence-electron chi connectivity index (χ4n) is 2.39. The summed E-state index contributed by atoms with van der Waals surface area (Å²) in [6.45, 7) is 0. The molecule has 0 unspecified atom stereocenters. The lowest BCUT2D eigenvalue weighted by atomic mass is 10.0. The van der Waals surface area contributed by atoms with Crippen LogP contribution in [0.4, 0.5) is 0 Å². The molecular weight excluding hydrogens is 226 g/mol. The molecule has 0 radical (unpaired) electrons. The van der Waals surface area contributed by atoms with Gasteiger partial charge in [0.05, 0.1) is 11.0 Å². The Morgan fingerprint density at radius 1 is 1.00 bits per heavy atom. The molecule has 2 aliphatic carbocycles. The van der Waals surface area contributed by atoms with Gasteiger partial charge in [-0.15, -0.1) is 0 Å². The van der Waals surface area contributed by atoms with Gasteiger partial charge in [0.25, 0.3) is 0 Å². The minimum Gasteiger partial charge on any atom is -0.268 e. The van der Waals surface area contributed by atoms with Crippen molar-refractivity contribution >= 4 is 15.8 Å². The summed E-state index contributed by atoms with van der Waals surface area (Å²) in [5.41, 5.74) is 0.902. The van der Waals surface area contributed by atoms with Crippen LogP contribution in [-0.2, 0) is 14.4 Å². The van der Waals surface area contributed by atoms with E-state index in [0.29, 0.717) is 0 Å². The first-order valence-electron chi connectivity index (χ1n) is 6.17. The number of oxime groups is 1. The molecule has 0 bridgehead atoms. The van der Waals surface area contributed by atoms with Crippen molar-refractivity contribution in [2.75, 3.05) is 0 Å². The van der Waals surface area contributed by atoms with Gasteiger partial charge in [0.15, 0.2) is 0 Å². The van der Waals surface area contributed by atoms with Crippen LogP contribution in [0.2, 0.25) is 0 Å². The zero-order chi connectivity index (χ0) is 11.4. The Bertz CT molecular complexity index is 347. The maximum absolute atomic E-state index is 11.8. The lowest BCUT2D eigenvalue weighted by Gasteiger charge is -2.19. The van der Waals surface area contributed by atoms with E-state index in [1.54, 1.807) is 0 Å². The van der Waals surface area contributed by atoms with Crippen LogP contribution in [-0.4, -0.2) is 19.4 Å². The van der Waals surface area contributed by atoms with Gasteiger partial charge in [-0.05, 0) is 38.5 Å². The normalized spacial score (nSPS) is 23.4. The second kappa shape index (κ2) is 5.17. The van der Waals surface area contributed by atoms with E-state index in [9.17, 15) is 8.42 Å². The average molecular weight is 245 g/mol. The highest BCUT2D eigenvalue weighted by Gasteiger charge is 2.29. The van der Waals surface area contributed by atoms with Gasteiger partial charge in [-0.2, -0.15) is 8.42 Å². The number of hydrogen-bond donors (Lipinski definition) is 0. The average Bonchev–Trinajstić information content (AvgIpc) is 2.81. The van der Waals surface area contributed by atoms with Crippen molar-refractivity contribution in [1.29, 1.82) is 0 Å². The summed E-state index contributed by atoms with van der Waals surface area (Å²) in [6.07, 6.45) is 8.56. The van der Waals surface area contributed by atoms with Gasteiger partial charge in [0, 0.05) is 0 Å². The Morgan fingerprint density at radius 3 is 2.25 bits per heavy atom. The molecule has 0 saturated heterocycles. The third-order valence-corrected chi connectivity index (χ3v) is 4.98. The molecule has 2 saturated carbocycles. The van der Waals surface area contributed by atoms with Crippen LogP contribution in [0.3, 0.4) is 0 Å². The van der Waals surface area contributed by atoms with Gasteiger partial charge < -0.3 is 0 Å². The van der Waals surface area contributed by atoms with Gasteiger partial charge >= 0.3 is 10.1 Å². The van der Waals surface area contributed by atoms with E-state index < -0.39 is 10.1 Å². The number of rotatable bonds is 3. The molecule has 16 heavy (non-hydrogen) atoms. The Morgan fingerprint density at radius 2 is 1.62 bits per heavy atom. The molecule has 0 amide bonds. The zero-order valence-corrected chi connectivity index (χ0v) is 10.3. The van der Waals surface area contributed by atoms with Gasteiger partial charge in [-0.1, -0.05) is 24.4 Å². The molecule has 2 rings (SSSR count). The summed E-state index contributed by atoms with van der Waals surface area (Å²) < 4.78 is 28.4. The second-order valence-electron chi connectivity index (χ2n) is 4.69. The minimum absolute atomic E-state index is 0.327. The molecule has 0 aliphatic heterocycles. The molecule has 0 aromatic rings. The lowest BCUT2D eigenvalue weighted by molar-refractivity contribution is 0.319. The maximum atomic E-state index is 11.8. The quantitative estimate of drug-likeness (QED) is 0.718. The topological polar surface area (TPSA) is 55.7 Å². The first-order chi connectivity index (χ1) is 7.68. The summed E-state index contributed by atoms with van der Waals surface area (Å²) >= 11 is 0. The van der Waals surface area contributed by atoms with Crippen LogP contribution in [0.5, 0.6) is 0 Å². The Hall–Kier alpha value is -0.580. The van der Waals surface area contributed by atoms with Crippen molar-refractivity contribution in [1.82, 2.24) is 0 Å². The Balaban J connectivity index is 1.93. The summed E-state index contributed by atoms with van der Waals surface area (Å²) in [4.78, 5) is 0. The standard InChI is InChI=1S/C11H19NO3S/c13-16(14,11-8-2-1-3-9-11)15-12-10-6-4-5-7-10/h11H,1-9H2. The van der Waals surface area contributed by atoms with E-state index in [4.69, 9.17) is 4.28 Å². The monoisotopic (exact) mass is 245 g/mol. The molecule has 0 spiro atoms. The van der Waals surface area contributed by atoms with Crippen LogP contribution in [0.25, 0.3) is 0 Å². The molecule has 0 aromatic heterocycles. The van der Waals surface area contributed by atoms with Crippen LogP contribution < -0.4 is 0 Å². The van der Waals surface area contributed by atoms with Crippen molar-refractivity contribution in [2.45, 2.75) is 63.0 Å². The van der Waals surface area contributed by atoms with E-state index in [1.807, 2.05) is 0 Å². The minimum atomic E-state index is -3.46. The fourth-order valence-corrected chi connectivity index (χ4v) is 3.64. The van der Waals surface area contributed by atoms with Crippen molar-refractivity contribution in [2.24, 2.45) is 5.16 Å². The van der Waals surface area contributed by atoms with E-state index in [1.165, 1.54) is 0 Å². The van der Waals surface area contributed by atoms with Crippen molar-refractivity contribution in [3.8, 4) is 0 Å². The van der Waals surface area contributed by atoms with Gasteiger partial charge in [0.2, 0.25) is 0 Å². The zero-order valence-electron chi connectivity index (χ0n) is 9.52. The van der Waals surface area contributed by atoms with E-state index in [-0.39, 0.29) is 5.25 Å². The molecule has 0 aromatic carbocycles. The summed E-state index contributed by atoms with van der Waals surface area (Å²) in [5.74, 6) is 0. The molecule has 92 valence electrons. The predicted octanol–water partition coefficient (Wildman–Crippen LogP) is 2.60. The van der Waals surface area contributed by atoms with E-state index in [0.717, 1.165) is 63.5 Å². The summed E-state index contributed by atoms with van der Waals surface area (Å²) in [7, 11) is -3.46.